The zero-order valence-corrected chi connectivity index (χ0v) is 13.4. The number of aliphatic hydroxyl groups is 2. The van der Waals surface area contributed by atoms with Crippen LogP contribution in [-0.4, -0.2) is 64.3 Å². The van der Waals surface area contributed by atoms with Gasteiger partial charge in [-0.05, 0) is 13.3 Å². The molecule has 0 spiro atoms. The molecule has 9 heteroatoms. The Morgan fingerprint density at radius 2 is 2.13 bits per heavy atom. The molecule has 2 rings (SSSR count). The monoisotopic (exact) mass is 329 g/mol. The van der Waals surface area contributed by atoms with Crippen LogP contribution < -0.4 is 11.2 Å². The second-order valence-electron chi connectivity index (χ2n) is 5.82. The molecule has 1 aliphatic heterocycles. The van der Waals surface area contributed by atoms with Gasteiger partial charge in [0.25, 0.3) is 5.56 Å². The minimum Gasteiger partial charge on any atom is -0.394 e. The number of nitrogens with one attached hydrogen (secondary N) is 1. The van der Waals surface area contributed by atoms with Crippen molar-refractivity contribution in [3.8, 4) is 0 Å². The zero-order valence-electron chi connectivity index (χ0n) is 13.4. The van der Waals surface area contributed by atoms with Gasteiger partial charge < -0.3 is 14.9 Å². The van der Waals surface area contributed by atoms with Crippen LogP contribution in [0.2, 0.25) is 0 Å². The molecule has 0 aliphatic carbocycles. The van der Waals surface area contributed by atoms with Crippen LogP contribution in [0.25, 0.3) is 0 Å². The van der Waals surface area contributed by atoms with Crippen LogP contribution in [0.4, 0.5) is 0 Å². The first-order valence-electron chi connectivity index (χ1n) is 7.41. The van der Waals surface area contributed by atoms with E-state index in [0.29, 0.717) is 18.6 Å². The highest BCUT2D eigenvalue weighted by molar-refractivity contribution is 5.03. The number of aromatic nitrogens is 2. The van der Waals surface area contributed by atoms with Gasteiger partial charge >= 0.3 is 5.69 Å². The van der Waals surface area contributed by atoms with Crippen LogP contribution in [0, 0.1) is 12.8 Å². The van der Waals surface area contributed by atoms with Crippen LogP contribution >= 0.6 is 0 Å². The number of aromatic amines is 1. The number of aryl methyl sites for hydroxylation is 1. The predicted molar refractivity (Wildman–Crippen MR) is 80.8 cm³/mol. The summed E-state index contributed by atoms with van der Waals surface area (Å²) in [6.07, 6.45) is -0.683. The molecule has 0 amide bonds. The fraction of sp³-hybridized carbons (Fsp3) is 0.714. The molecule has 4 atom stereocenters. The molecule has 1 fully saturated rings. The molecular weight excluding hydrogens is 306 g/mol. The summed E-state index contributed by atoms with van der Waals surface area (Å²) < 4.78 is 6.87. The van der Waals surface area contributed by atoms with Crippen molar-refractivity contribution < 1.29 is 19.8 Å². The Morgan fingerprint density at radius 3 is 2.74 bits per heavy atom. The van der Waals surface area contributed by atoms with Gasteiger partial charge in [-0.2, -0.15) is 5.06 Å². The molecule has 1 aromatic rings. The molecule has 1 aromatic heterocycles. The maximum Gasteiger partial charge on any atom is 0.330 e. The lowest BCUT2D eigenvalue weighted by Gasteiger charge is -2.22. The standard InChI is InChI=1S/C14H23N3O6/c1-8-6-17(14(21)15-12(8)20)13-9(4-5-22-16(2)3)11(19)10(7-18)23-13/h6,9-11,13,18-19H,4-5,7H2,1-3H3,(H,15,20,21)/t9?,10-,11?,13-/m1/s1. The highest BCUT2D eigenvalue weighted by Gasteiger charge is 2.44. The van der Waals surface area contributed by atoms with E-state index in [2.05, 4.69) is 4.98 Å². The minimum atomic E-state index is -0.935. The topological polar surface area (TPSA) is 117 Å². The van der Waals surface area contributed by atoms with Crippen molar-refractivity contribution in [1.29, 1.82) is 0 Å². The number of aliphatic hydroxyl groups excluding tert-OH is 2. The molecule has 0 bridgehead atoms. The Labute approximate surface area is 133 Å². The smallest absolute Gasteiger partial charge is 0.330 e. The van der Waals surface area contributed by atoms with Gasteiger partial charge in [-0.3, -0.25) is 19.2 Å². The van der Waals surface area contributed by atoms with Crippen LogP contribution in [0.15, 0.2) is 15.8 Å². The van der Waals surface area contributed by atoms with Gasteiger partial charge in [0, 0.05) is 31.8 Å². The molecule has 0 radical (unpaired) electrons. The van der Waals surface area contributed by atoms with E-state index in [9.17, 15) is 19.8 Å². The summed E-state index contributed by atoms with van der Waals surface area (Å²) in [5.41, 5.74) is -0.718. The molecule has 2 unspecified atom stereocenters. The Morgan fingerprint density at radius 1 is 1.43 bits per heavy atom. The normalized spacial score (nSPS) is 27.7. The number of nitrogens with zero attached hydrogens (tertiary/aromatic N) is 2. The van der Waals surface area contributed by atoms with Crippen molar-refractivity contribution in [2.45, 2.75) is 31.8 Å². The van der Waals surface area contributed by atoms with Gasteiger partial charge in [-0.1, -0.05) is 0 Å². The van der Waals surface area contributed by atoms with Gasteiger partial charge in [0.15, 0.2) is 0 Å². The summed E-state index contributed by atoms with van der Waals surface area (Å²) in [4.78, 5) is 31.1. The second kappa shape index (κ2) is 7.37. The van der Waals surface area contributed by atoms with E-state index in [-0.39, 0.29) is 6.61 Å². The minimum absolute atomic E-state index is 0.323. The molecule has 1 aliphatic rings. The predicted octanol–water partition coefficient (Wildman–Crippen LogP) is -1.40. The number of hydroxylamine groups is 2. The zero-order chi connectivity index (χ0) is 17.1. The molecule has 23 heavy (non-hydrogen) atoms. The summed E-state index contributed by atoms with van der Waals surface area (Å²) in [7, 11) is 3.48. The van der Waals surface area contributed by atoms with E-state index < -0.39 is 35.6 Å². The molecule has 9 nitrogen and oxygen atoms in total. The van der Waals surface area contributed by atoms with Gasteiger partial charge in [0.1, 0.15) is 12.3 Å². The lowest BCUT2D eigenvalue weighted by atomic mass is 9.96. The van der Waals surface area contributed by atoms with E-state index in [1.54, 1.807) is 21.0 Å². The maximum absolute atomic E-state index is 12.1. The lowest BCUT2D eigenvalue weighted by molar-refractivity contribution is -0.127. The first-order valence-corrected chi connectivity index (χ1v) is 7.41. The van der Waals surface area contributed by atoms with Crippen molar-refractivity contribution >= 4 is 0 Å². The van der Waals surface area contributed by atoms with Gasteiger partial charge in [-0.15, -0.1) is 0 Å². The van der Waals surface area contributed by atoms with E-state index in [1.807, 2.05) is 0 Å². The van der Waals surface area contributed by atoms with E-state index in [4.69, 9.17) is 9.57 Å². The first-order chi connectivity index (χ1) is 10.8. The van der Waals surface area contributed by atoms with E-state index >= 15 is 0 Å². The van der Waals surface area contributed by atoms with Crippen LogP contribution in [-0.2, 0) is 9.57 Å². The SMILES string of the molecule is Cc1cn([C@@H]2O[C@H](CO)C(O)C2CCON(C)C)c(=O)[nH]c1=O. The highest BCUT2D eigenvalue weighted by atomic mass is 16.7. The van der Waals surface area contributed by atoms with Crippen LogP contribution in [0.3, 0.4) is 0 Å². The number of hydrogen-bond acceptors (Lipinski definition) is 7. The van der Waals surface area contributed by atoms with Gasteiger partial charge in [0.2, 0.25) is 0 Å². The molecule has 130 valence electrons. The third-order valence-electron chi connectivity index (χ3n) is 3.90. The number of ether oxygens (including phenoxy) is 1. The summed E-state index contributed by atoms with van der Waals surface area (Å²) in [5.74, 6) is -0.449. The molecule has 2 heterocycles. The maximum atomic E-state index is 12.1. The van der Waals surface area contributed by atoms with Crippen molar-refractivity contribution in [3.05, 3.63) is 32.6 Å². The first kappa shape index (κ1) is 17.8. The summed E-state index contributed by atoms with van der Waals surface area (Å²) in [6, 6.07) is 0. The lowest BCUT2D eigenvalue weighted by Crippen LogP contribution is -2.36. The van der Waals surface area contributed by atoms with Crippen molar-refractivity contribution in [2.24, 2.45) is 5.92 Å². The number of hydrogen-bond donors (Lipinski definition) is 3. The third-order valence-corrected chi connectivity index (χ3v) is 3.90. The van der Waals surface area contributed by atoms with Gasteiger partial charge in [0.05, 0.1) is 19.3 Å². The molecule has 3 N–H and O–H groups in total. The molecule has 0 aromatic carbocycles. The molecule has 0 saturated carbocycles. The largest absolute Gasteiger partial charge is 0.394 e. The Balaban J connectivity index is 2.28. The van der Waals surface area contributed by atoms with E-state index in [1.165, 1.54) is 15.8 Å². The fourth-order valence-corrected chi connectivity index (χ4v) is 2.69. The van der Waals surface area contributed by atoms with Crippen molar-refractivity contribution in [2.75, 3.05) is 27.3 Å². The Bertz CT molecular complexity index is 640. The summed E-state index contributed by atoms with van der Waals surface area (Å²) in [5, 5.41) is 21.2. The van der Waals surface area contributed by atoms with Crippen molar-refractivity contribution in [3.63, 3.8) is 0 Å². The summed E-state index contributed by atoms with van der Waals surface area (Å²) >= 11 is 0. The average molecular weight is 329 g/mol. The fourth-order valence-electron chi connectivity index (χ4n) is 2.69. The highest BCUT2D eigenvalue weighted by Crippen LogP contribution is 2.36. The average Bonchev–Trinajstić information content (AvgIpc) is 2.79. The number of rotatable bonds is 6. The molecular formula is C14H23N3O6. The third kappa shape index (κ3) is 3.88. The van der Waals surface area contributed by atoms with Crippen molar-refractivity contribution in [1.82, 2.24) is 14.6 Å². The summed E-state index contributed by atoms with van der Waals surface area (Å²) in [6.45, 7) is 1.54. The second-order valence-corrected chi connectivity index (χ2v) is 5.82. The number of H-pyrrole nitrogens is 1. The Hall–Kier alpha value is -1.52. The molecule has 1 saturated heterocycles. The Kier molecular flexibility index (Phi) is 5.71. The van der Waals surface area contributed by atoms with Crippen LogP contribution in [0.1, 0.15) is 18.2 Å². The quantitative estimate of drug-likeness (QED) is 0.549. The van der Waals surface area contributed by atoms with Crippen LogP contribution in [0.5, 0.6) is 0 Å². The van der Waals surface area contributed by atoms with Gasteiger partial charge in [-0.25, -0.2) is 4.79 Å². The van der Waals surface area contributed by atoms with E-state index in [0.717, 1.165) is 0 Å².